The van der Waals surface area contributed by atoms with Gasteiger partial charge >= 0.3 is 0 Å². The minimum absolute atomic E-state index is 0.0671. The molecule has 3 aromatic heterocycles. The summed E-state index contributed by atoms with van der Waals surface area (Å²) >= 11 is 0. The van der Waals surface area contributed by atoms with Gasteiger partial charge in [0.05, 0.1) is 32.4 Å². The van der Waals surface area contributed by atoms with Gasteiger partial charge in [-0.3, -0.25) is 4.90 Å². The standard InChI is InChI=1S/C29H37N7O3/c37-16-19-38-18-15-34-11-13-35(14-12-34)29-32-27(26-28(33-29)36(21-31-26)24-4-1-2-5-24)30-20-22-7-9-23(10-8-22)25-6-3-17-39-25/h3,6-10,17,21,24,37H,1-2,4-5,11-16,18-20H2,(H,30,32,33). The van der Waals surface area contributed by atoms with Crippen LogP contribution in [0, 0.1) is 0 Å². The van der Waals surface area contributed by atoms with Crippen LogP contribution < -0.4 is 10.2 Å². The summed E-state index contributed by atoms with van der Waals surface area (Å²) in [5.41, 5.74) is 3.97. The van der Waals surface area contributed by atoms with Crippen LogP contribution in [-0.4, -0.2) is 82.1 Å². The van der Waals surface area contributed by atoms with Crippen LogP contribution in [0.5, 0.6) is 0 Å². The highest BCUT2D eigenvalue weighted by Crippen LogP contribution is 2.33. The van der Waals surface area contributed by atoms with Crippen LogP contribution in [0.25, 0.3) is 22.5 Å². The summed E-state index contributed by atoms with van der Waals surface area (Å²) in [6.07, 6.45) is 8.50. The molecule has 0 unspecified atom stereocenters. The van der Waals surface area contributed by atoms with Crippen molar-refractivity contribution in [2.75, 3.05) is 62.8 Å². The lowest BCUT2D eigenvalue weighted by Crippen LogP contribution is -2.48. The molecule has 4 aromatic rings. The molecule has 4 heterocycles. The normalized spacial score (nSPS) is 16.9. The summed E-state index contributed by atoms with van der Waals surface area (Å²) < 4.78 is 13.2. The number of aromatic nitrogens is 4. The fourth-order valence-electron chi connectivity index (χ4n) is 5.57. The van der Waals surface area contributed by atoms with Gasteiger partial charge in [0.1, 0.15) is 5.76 Å². The molecule has 0 atom stereocenters. The second kappa shape index (κ2) is 12.1. The maximum absolute atomic E-state index is 8.91. The molecule has 1 saturated carbocycles. The van der Waals surface area contributed by atoms with E-state index in [9.17, 15) is 0 Å². The first-order chi connectivity index (χ1) is 19.3. The maximum Gasteiger partial charge on any atom is 0.229 e. The molecule has 0 bridgehead atoms. The van der Waals surface area contributed by atoms with Crippen LogP contribution in [0.4, 0.5) is 11.8 Å². The van der Waals surface area contributed by atoms with Crippen LogP contribution in [0.2, 0.25) is 0 Å². The Hall–Kier alpha value is -3.47. The number of rotatable bonds is 11. The van der Waals surface area contributed by atoms with E-state index in [1.165, 1.54) is 25.7 Å². The molecular formula is C29H37N7O3. The third kappa shape index (κ3) is 5.93. The van der Waals surface area contributed by atoms with Gasteiger partial charge < -0.3 is 29.0 Å². The van der Waals surface area contributed by atoms with Gasteiger partial charge in [0, 0.05) is 50.9 Å². The highest BCUT2D eigenvalue weighted by molar-refractivity contribution is 5.84. The Morgan fingerprint density at radius 2 is 1.82 bits per heavy atom. The van der Waals surface area contributed by atoms with Crippen molar-refractivity contribution in [1.82, 2.24) is 24.4 Å². The third-order valence-electron chi connectivity index (χ3n) is 7.79. The van der Waals surface area contributed by atoms with E-state index < -0.39 is 0 Å². The fraction of sp³-hybridized carbons (Fsp3) is 0.483. The smallest absolute Gasteiger partial charge is 0.229 e. The average molecular weight is 532 g/mol. The molecule has 39 heavy (non-hydrogen) atoms. The van der Waals surface area contributed by atoms with Crippen molar-refractivity contribution in [3.8, 4) is 11.3 Å². The lowest BCUT2D eigenvalue weighted by molar-refractivity contribution is 0.0724. The van der Waals surface area contributed by atoms with Crippen molar-refractivity contribution in [1.29, 1.82) is 0 Å². The molecule has 2 N–H and O–H groups in total. The first kappa shape index (κ1) is 25.8. The summed E-state index contributed by atoms with van der Waals surface area (Å²) in [4.78, 5) is 19.5. The number of nitrogens with zero attached hydrogens (tertiary/aromatic N) is 6. The summed E-state index contributed by atoms with van der Waals surface area (Å²) in [5.74, 6) is 2.41. The van der Waals surface area contributed by atoms with Gasteiger partial charge in [-0.05, 0) is 30.5 Å². The minimum Gasteiger partial charge on any atom is -0.464 e. The molecule has 10 heteroatoms. The molecule has 1 aliphatic heterocycles. The van der Waals surface area contributed by atoms with Crippen molar-refractivity contribution in [2.45, 2.75) is 38.3 Å². The zero-order chi connectivity index (χ0) is 26.4. The van der Waals surface area contributed by atoms with Gasteiger partial charge in [-0.1, -0.05) is 37.1 Å². The lowest BCUT2D eigenvalue weighted by Gasteiger charge is -2.34. The number of nitrogens with one attached hydrogen (secondary N) is 1. The molecule has 206 valence electrons. The van der Waals surface area contributed by atoms with E-state index in [1.807, 2.05) is 18.5 Å². The maximum atomic E-state index is 8.91. The van der Waals surface area contributed by atoms with Crippen molar-refractivity contribution in [3.05, 3.63) is 54.6 Å². The van der Waals surface area contributed by atoms with Crippen molar-refractivity contribution in [2.24, 2.45) is 0 Å². The van der Waals surface area contributed by atoms with Crippen molar-refractivity contribution < 1.29 is 14.3 Å². The number of aliphatic hydroxyl groups is 1. The van der Waals surface area contributed by atoms with Gasteiger partial charge in [-0.2, -0.15) is 9.97 Å². The number of ether oxygens (including phenoxy) is 1. The molecule has 10 nitrogen and oxygen atoms in total. The molecule has 0 radical (unpaired) electrons. The molecule has 2 fully saturated rings. The number of furan rings is 1. The van der Waals surface area contributed by atoms with Gasteiger partial charge in [-0.15, -0.1) is 0 Å². The number of fused-ring (bicyclic) bond motifs is 1. The average Bonchev–Trinajstić information content (AvgIpc) is 3.77. The van der Waals surface area contributed by atoms with Crippen molar-refractivity contribution in [3.63, 3.8) is 0 Å². The molecule has 0 spiro atoms. The third-order valence-corrected chi connectivity index (χ3v) is 7.79. The quantitative estimate of drug-likeness (QED) is 0.278. The number of hydrogen-bond acceptors (Lipinski definition) is 9. The highest BCUT2D eigenvalue weighted by atomic mass is 16.5. The first-order valence-corrected chi connectivity index (χ1v) is 14.1. The molecular weight excluding hydrogens is 494 g/mol. The molecule has 6 rings (SSSR count). The number of imidazole rings is 1. The molecule has 1 aliphatic carbocycles. The van der Waals surface area contributed by atoms with Gasteiger partial charge in [0.2, 0.25) is 5.95 Å². The van der Waals surface area contributed by atoms with E-state index in [4.69, 9.17) is 29.2 Å². The van der Waals surface area contributed by atoms with Crippen LogP contribution >= 0.6 is 0 Å². The Labute approximate surface area is 228 Å². The SMILES string of the molecule is OCCOCCN1CCN(c2nc(NCc3ccc(-c4ccco4)cc3)c3ncn(C4CCCC4)c3n2)CC1. The summed E-state index contributed by atoms with van der Waals surface area (Å²) in [6.45, 7) is 6.18. The molecule has 1 saturated heterocycles. The Morgan fingerprint density at radius 3 is 2.56 bits per heavy atom. The highest BCUT2D eigenvalue weighted by Gasteiger charge is 2.25. The Morgan fingerprint density at radius 1 is 1.00 bits per heavy atom. The van der Waals surface area contributed by atoms with Crippen molar-refractivity contribution >= 4 is 22.9 Å². The predicted octanol–water partition coefficient (Wildman–Crippen LogP) is 3.94. The Kier molecular flexibility index (Phi) is 8.03. The summed E-state index contributed by atoms with van der Waals surface area (Å²) in [7, 11) is 0. The van der Waals surface area contributed by atoms with E-state index in [-0.39, 0.29) is 6.61 Å². The number of benzene rings is 1. The summed E-state index contributed by atoms with van der Waals surface area (Å²) in [6, 6.07) is 12.7. The number of anilines is 2. The predicted molar refractivity (Wildman–Crippen MR) is 151 cm³/mol. The molecule has 1 aromatic carbocycles. The van der Waals surface area contributed by atoms with E-state index in [0.717, 1.165) is 72.5 Å². The largest absolute Gasteiger partial charge is 0.464 e. The topological polar surface area (TPSA) is 105 Å². The fourth-order valence-corrected chi connectivity index (χ4v) is 5.57. The monoisotopic (exact) mass is 531 g/mol. The van der Waals surface area contributed by atoms with Crippen LogP contribution in [0.1, 0.15) is 37.3 Å². The second-order valence-electron chi connectivity index (χ2n) is 10.3. The molecule has 0 amide bonds. The van der Waals surface area contributed by atoms with Crippen LogP contribution in [0.15, 0.2) is 53.4 Å². The molecule has 2 aliphatic rings. The van der Waals surface area contributed by atoms with Gasteiger partial charge in [-0.25, -0.2) is 4.98 Å². The van der Waals surface area contributed by atoms with Crippen LogP contribution in [-0.2, 0) is 11.3 Å². The van der Waals surface area contributed by atoms with E-state index in [2.05, 4.69) is 43.9 Å². The minimum atomic E-state index is 0.0671. The number of piperazine rings is 1. The lowest BCUT2D eigenvalue weighted by atomic mass is 10.1. The van der Waals surface area contributed by atoms with Gasteiger partial charge in [0.15, 0.2) is 17.0 Å². The van der Waals surface area contributed by atoms with E-state index in [0.29, 0.717) is 25.8 Å². The summed E-state index contributed by atoms with van der Waals surface area (Å²) in [5, 5.41) is 12.5. The zero-order valence-electron chi connectivity index (χ0n) is 22.3. The number of hydrogen-bond donors (Lipinski definition) is 2. The second-order valence-corrected chi connectivity index (χ2v) is 10.3. The number of aliphatic hydroxyl groups excluding tert-OH is 1. The Balaban J connectivity index is 1.20. The Bertz CT molecular complexity index is 1330. The zero-order valence-corrected chi connectivity index (χ0v) is 22.3. The van der Waals surface area contributed by atoms with E-state index in [1.54, 1.807) is 6.26 Å². The first-order valence-electron chi connectivity index (χ1n) is 14.1. The van der Waals surface area contributed by atoms with E-state index >= 15 is 0 Å². The van der Waals surface area contributed by atoms with Crippen LogP contribution in [0.3, 0.4) is 0 Å². The van der Waals surface area contributed by atoms with Gasteiger partial charge in [0.25, 0.3) is 0 Å².